The molecule has 1 fully saturated rings. The Hall–Kier alpha value is -4.62. The van der Waals surface area contributed by atoms with Crippen molar-refractivity contribution < 1.29 is 24.2 Å². The highest BCUT2D eigenvalue weighted by Crippen LogP contribution is 2.35. The topological polar surface area (TPSA) is 95.9 Å². The van der Waals surface area contributed by atoms with Crippen molar-refractivity contribution in [3.63, 3.8) is 0 Å². The lowest BCUT2D eigenvalue weighted by Crippen LogP contribution is -2.34. The number of carbonyl (C=O) groups excluding carboxylic acids is 2. The summed E-state index contributed by atoms with van der Waals surface area (Å²) in [4.78, 5) is 39.9. The quantitative estimate of drug-likeness (QED) is 0.122. The van der Waals surface area contributed by atoms with Crippen LogP contribution in [-0.4, -0.2) is 42.0 Å². The van der Waals surface area contributed by atoms with Gasteiger partial charge in [-0.25, -0.2) is 4.79 Å². The van der Waals surface area contributed by atoms with Crippen molar-refractivity contribution >= 4 is 40.6 Å². The maximum atomic E-state index is 13.1. The number of carbonyl (C=O) groups is 3. The van der Waals surface area contributed by atoms with E-state index < -0.39 is 12.0 Å². The average Bonchev–Trinajstić information content (AvgIpc) is 3.88. The highest BCUT2D eigenvalue weighted by Gasteiger charge is 2.34. The fraction of sp³-hybridized carbons (Fsp3) is 0.229. The van der Waals surface area contributed by atoms with E-state index in [1.165, 1.54) is 0 Å². The predicted molar refractivity (Wildman–Crippen MR) is 168 cm³/mol. The third-order valence-corrected chi connectivity index (χ3v) is 7.65. The molecule has 1 aliphatic rings. The second-order valence-electron chi connectivity index (χ2n) is 10.5. The van der Waals surface area contributed by atoms with Gasteiger partial charge in [0.05, 0.1) is 17.3 Å². The first-order valence-corrected chi connectivity index (χ1v) is 14.7. The molecular weight excluding hydrogens is 564 g/mol. The molecule has 0 radical (unpaired) electrons. The highest BCUT2D eigenvalue weighted by atomic mass is 35.5. The number of halogens is 1. The maximum Gasteiger partial charge on any atom is 0.326 e. The second-order valence-corrected chi connectivity index (χ2v) is 10.9. The summed E-state index contributed by atoms with van der Waals surface area (Å²) >= 11 is 6.38. The van der Waals surface area contributed by atoms with Crippen molar-refractivity contribution in [2.45, 2.75) is 31.7 Å². The largest absolute Gasteiger partial charge is 0.494 e. The Kier molecular flexibility index (Phi) is 9.74. The van der Waals surface area contributed by atoms with Gasteiger partial charge >= 0.3 is 5.97 Å². The Morgan fingerprint density at radius 3 is 2.26 bits per heavy atom. The minimum Gasteiger partial charge on any atom is -0.494 e. The van der Waals surface area contributed by atoms with Gasteiger partial charge in [0.25, 0.3) is 0 Å². The summed E-state index contributed by atoms with van der Waals surface area (Å²) in [5.41, 5.74) is 2.94. The van der Waals surface area contributed by atoms with Crippen LogP contribution >= 0.6 is 11.6 Å². The van der Waals surface area contributed by atoms with Crippen LogP contribution in [0, 0.1) is 5.92 Å². The van der Waals surface area contributed by atoms with Crippen molar-refractivity contribution in [1.82, 2.24) is 0 Å². The fourth-order valence-corrected chi connectivity index (χ4v) is 5.12. The Balaban J connectivity index is 1.17. The zero-order chi connectivity index (χ0) is 30.2. The van der Waals surface area contributed by atoms with Crippen LogP contribution in [0.4, 0.5) is 11.4 Å². The van der Waals surface area contributed by atoms with Crippen molar-refractivity contribution in [3.8, 4) is 5.75 Å². The molecule has 1 saturated carbocycles. The SMILES string of the molecule is O=C(c1ccccc1)c1ccccc1N[C@@H](Cc1ccc(OCCCN(C(=O)C2CC2)c2ccccc2Cl)cc1)C(=O)O. The molecule has 4 aromatic rings. The first kappa shape index (κ1) is 29.9. The van der Waals surface area contributed by atoms with Gasteiger partial charge in [0, 0.05) is 35.7 Å². The van der Waals surface area contributed by atoms with Gasteiger partial charge in [0.15, 0.2) is 5.78 Å². The molecule has 1 amide bonds. The number of ether oxygens (including phenoxy) is 1. The van der Waals surface area contributed by atoms with Crippen LogP contribution in [0.5, 0.6) is 5.75 Å². The number of hydrogen-bond donors (Lipinski definition) is 2. The number of nitrogens with zero attached hydrogens (tertiary/aromatic N) is 1. The van der Waals surface area contributed by atoms with Crippen molar-refractivity contribution in [2.75, 3.05) is 23.4 Å². The summed E-state index contributed by atoms with van der Waals surface area (Å²) in [6, 6.07) is 29.5. The molecule has 1 atom stereocenters. The Labute approximate surface area is 256 Å². The number of nitrogens with one attached hydrogen (secondary N) is 1. The lowest BCUT2D eigenvalue weighted by molar-refractivity contribution is -0.137. The number of carboxylic acid groups (broad SMARTS) is 1. The highest BCUT2D eigenvalue weighted by molar-refractivity contribution is 6.33. The van der Waals surface area contributed by atoms with Crippen molar-refractivity contribution in [2.24, 2.45) is 5.92 Å². The van der Waals surface area contributed by atoms with Gasteiger partial charge < -0.3 is 20.1 Å². The predicted octanol–water partition coefficient (Wildman–Crippen LogP) is 6.89. The molecule has 5 rings (SSSR count). The van der Waals surface area contributed by atoms with Crippen LogP contribution in [0.1, 0.15) is 40.7 Å². The van der Waals surface area contributed by atoms with E-state index in [1.807, 2.05) is 48.5 Å². The third kappa shape index (κ3) is 7.81. The molecule has 43 heavy (non-hydrogen) atoms. The third-order valence-electron chi connectivity index (χ3n) is 7.33. The Morgan fingerprint density at radius 2 is 1.56 bits per heavy atom. The molecule has 0 heterocycles. The molecule has 0 aromatic heterocycles. The van der Waals surface area contributed by atoms with Gasteiger partial charge in [-0.05, 0) is 61.2 Å². The van der Waals surface area contributed by atoms with E-state index in [4.69, 9.17) is 16.3 Å². The summed E-state index contributed by atoms with van der Waals surface area (Å²) in [6.45, 7) is 0.904. The summed E-state index contributed by atoms with van der Waals surface area (Å²) in [7, 11) is 0. The van der Waals surface area contributed by atoms with Crippen LogP contribution in [0.25, 0.3) is 0 Å². The molecule has 0 spiro atoms. The van der Waals surface area contributed by atoms with Gasteiger partial charge in [-0.15, -0.1) is 0 Å². The molecule has 2 N–H and O–H groups in total. The monoisotopic (exact) mass is 596 g/mol. The van der Waals surface area contributed by atoms with Gasteiger partial charge in [-0.1, -0.05) is 78.3 Å². The summed E-state index contributed by atoms with van der Waals surface area (Å²) in [5, 5.41) is 13.6. The van der Waals surface area contributed by atoms with Gasteiger partial charge in [-0.2, -0.15) is 0 Å². The molecule has 0 aliphatic heterocycles. The van der Waals surface area contributed by atoms with Crippen LogP contribution in [0.15, 0.2) is 103 Å². The molecule has 8 heteroatoms. The van der Waals surface area contributed by atoms with Crippen LogP contribution < -0.4 is 15.0 Å². The number of aliphatic carboxylic acids is 1. The van der Waals surface area contributed by atoms with Crippen molar-refractivity contribution in [3.05, 3.63) is 125 Å². The summed E-state index contributed by atoms with van der Waals surface area (Å²) in [6.07, 6.45) is 2.66. The average molecular weight is 597 g/mol. The van der Waals surface area contributed by atoms with Gasteiger partial charge in [0.1, 0.15) is 11.8 Å². The smallest absolute Gasteiger partial charge is 0.326 e. The zero-order valence-electron chi connectivity index (χ0n) is 23.6. The molecule has 0 unspecified atom stereocenters. The zero-order valence-corrected chi connectivity index (χ0v) is 24.4. The number of benzene rings is 4. The number of amides is 1. The Morgan fingerprint density at radius 1 is 0.884 bits per heavy atom. The molecule has 0 saturated heterocycles. The van der Waals surface area contributed by atoms with Gasteiger partial charge in [-0.3, -0.25) is 9.59 Å². The molecule has 0 bridgehead atoms. The second kappa shape index (κ2) is 14.0. The minimum atomic E-state index is -1.02. The number of anilines is 2. The minimum absolute atomic E-state index is 0.0756. The molecular formula is C35H33ClN2O5. The van der Waals surface area contributed by atoms with E-state index in [1.54, 1.807) is 59.5 Å². The molecule has 7 nitrogen and oxygen atoms in total. The van der Waals surface area contributed by atoms with Crippen LogP contribution in [0.3, 0.4) is 0 Å². The first-order valence-electron chi connectivity index (χ1n) is 14.4. The van der Waals surface area contributed by atoms with E-state index in [2.05, 4.69) is 5.32 Å². The van der Waals surface area contributed by atoms with E-state index in [-0.39, 0.29) is 24.0 Å². The summed E-state index contributed by atoms with van der Waals surface area (Å²) < 4.78 is 5.93. The van der Waals surface area contributed by atoms with E-state index in [9.17, 15) is 19.5 Å². The van der Waals surface area contributed by atoms with Crippen LogP contribution in [-0.2, 0) is 16.0 Å². The van der Waals surface area contributed by atoms with Crippen molar-refractivity contribution in [1.29, 1.82) is 0 Å². The number of rotatable bonds is 14. The number of para-hydroxylation sites is 2. The molecule has 220 valence electrons. The standard InChI is InChI=1S/C35H33ClN2O5/c36-29-12-5-7-14-32(29)38(34(40)26-17-18-26)21-8-22-43-27-19-15-24(16-20-27)23-31(35(41)42)37-30-13-6-4-11-28(30)33(39)25-9-2-1-3-10-25/h1-7,9-16,19-20,26,31,37H,8,17-18,21-23H2,(H,41,42)/t31-/m0/s1. The van der Waals surface area contributed by atoms with Gasteiger partial charge in [0.2, 0.25) is 5.91 Å². The van der Waals surface area contributed by atoms with E-state index in [0.717, 1.165) is 24.1 Å². The van der Waals surface area contributed by atoms with E-state index in [0.29, 0.717) is 47.2 Å². The first-order chi connectivity index (χ1) is 20.9. The number of hydrogen-bond acceptors (Lipinski definition) is 5. The normalized spacial score (nSPS) is 13.1. The Bertz CT molecular complexity index is 1570. The van der Waals surface area contributed by atoms with Crippen LogP contribution in [0.2, 0.25) is 5.02 Å². The lowest BCUT2D eigenvalue weighted by atomic mass is 10.00. The summed E-state index contributed by atoms with van der Waals surface area (Å²) in [5.74, 6) is -0.370. The molecule has 1 aliphatic carbocycles. The van der Waals surface area contributed by atoms with E-state index >= 15 is 0 Å². The molecule has 4 aromatic carbocycles. The fourth-order valence-electron chi connectivity index (χ4n) is 4.88. The number of carboxylic acids is 1. The maximum absolute atomic E-state index is 13.1. The number of ketones is 1. The lowest BCUT2D eigenvalue weighted by Gasteiger charge is -2.24.